The van der Waals surface area contributed by atoms with Gasteiger partial charge in [0.1, 0.15) is 6.17 Å². The van der Waals surface area contributed by atoms with E-state index in [4.69, 9.17) is 5.11 Å². The predicted molar refractivity (Wildman–Crippen MR) is 47.6 cm³/mol. The normalized spacial score (nSPS) is 22.1. The molecule has 4 nitrogen and oxygen atoms in total. The number of piperidine rings is 1. The van der Waals surface area contributed by atoms with Crippen molar-refractivity contribution in [3.63, 3.8) is 0 Å². The zero-order valence-corrected chi connectivity index (χ0v) is 7.91. The number of likely N-dealkylation sites (tertiary alicyclic amines) is 1. The minimum absolute atomic E-state index is 0.0257. The van der Waals surface area contributed by atoms with Crippen LogP contribution in [0.4, 0.5) is 4.39 Å². The van der Waals surface area contributed by atoms with Gasteiger partial charge < -0.3 is 10.0 Å². The number of hydrogen-bond donors (Lipinski definition) is 1. The van der Waals surface area contributed by atoms with E-state index in [1.54, 1.807) is 0 Å². The van der Waals surface area contributed by atoms with Crippen LogP contribution in [0.3, 0.4) is 0 Å². The fourth-order valence-electron chi connectivity index (χ4n) is 1.52. The molecule has 0 spiro atoms. The van der Waals surface area contributed by atoms with E-state index < -0.39 is 12.1 Å². The number of carboxylic acid groups (broad SMARTS) is 1. The summed E-state index contributed by atoms with van der Waals surface area (Å²) in [4.78, 5) is 23.0. The highest BCUT2D eigenvalue weighted by molar-refractivity contribution is 5.80. The standard InChI is InChI=1S/C9H14FNO3/c10-7-2-1-5-11(6-7)8(12)3-4-9(13)14/h7H,1-6H2,(H,13,14)/t7-/m0/s1. The van der Waals surface area contributed by atoms with Crippen molar-refractivity contribution < 1.29 is 19.1 Å². The van der Waals surface area contributed by atoms with Gasteiger partial charge in [-0.15, -0.1) is 0 Å². The van der Waals surface area contributed by atoms with Gasteiger partial charge in [0, 0.05) is 13.0 Å². The first kappa shape index (κ1) is 10.9. The van der Waals surface area contributed by atoms with E-state index in [1.165, 1.54) is 4.90 Å². The molecule has 1 rings (SSSR count). The highest BCUT2D eigenvalue weighted by atomic mass is 19.1. The molecule has 0 aromatic rings. The number of hydrogen-bond acceptors (Lipinski definition) is 2. The van der Waals surface area contributed by atoms with Crippen molar-refractivity contribution in [2.75, 3.05) is 13.1 Å². The minimum Gasteiger partial charge on any atom is -0.481 e. The lowest BCUT2D eigenvalue weighted by molar-refractivity contribution is -0.141. The van der Waals surface area contributed by atoms with Gasteiger partial charge in [0.15, 0.2) is 0 Å². The van der Waals surface area contributed by atoms with E-state index in [-0.39, 0.29) is 25.3 Å². The van der Waals surface area contributed by atoms with Crippen molar-refractivity contribution in [2.45, 2.75) is 31.9 Å². The number of amides is 1. The predicted octanol–water partition coefficient (Wildman–Crippen LogP) is 0.812. The van der Waals surface area contributed by atoms with Gasteiger partial charge in [-0.3, -0.25) is 9.59 Å². The van der Waals surface area contributed by atoms with Gasteiger partial charge in [-0.25, -0.2) is 4.39 Å². The molecule has 1 atom stereocenters. The Morgan fingerprint density at radius 3 is 2.71 bits per heavy atom. The van der Waals surface area contributed by atoms with E-state index >= 15 is 0 Å². The number of alkyl halides is 1. The molecular weight excluding hydrogens is 189 g/mol. The van der Waals surface area contributed by atoms with Crippen LogP contribution in [-0.2, 0) is 9.59 Å². The first-order valence-corrected chi connectivity index (χ1v) is 4.73. The molecule has 0 bridgehead atoms. The van der Waals surface area contributed by atoms with Crippen LogP contribution in [0.2, 0.25) is 0 Å². The Labute approximate surface area is 81.7 Å². The number of rotatable bonds is 3. The summed E-state index contributed by atoms with van der Waals surface area (Å²) in [5, 5.41) is 8.37. The topological polar surface area (TPSA) is 57.6 Å². The van der Waals surface area contributed by atoms with Crippen molar-refractivity contribution >= 4 is 11.9 Å². The summed E-state index contributed by atoms with van der Waals surface area (Å²) in [6.45, 7) is 0.678. The second-order valence-electron chi connectivity index (χ2n) is 3.47. The Bertz CT molecular complexity index is 232. The number of nitrogens with zero attached hydrogens (tertiary/aromatic N) is 1. The Morgan fingerprint density at radius 1 is 1.43 bits per heavy atom. The molecule has 0 aromatic carbocycles. The maximum atomic E-state index is 12.9. The third-order valence-corrected chi connectivity index (χ3v) is 2.27. The highest BCUT2D eigenvalue weighted by Crippen LogP contribution is 2.14. The lowest BCUT2D eigenvalue weighted by Gasteiger charge is -2.28. The zero-order chi connectivity index (χ0) is 10.6. The van der Waals surface area contributed by atoms with E-state index in [9.17, 15) is 14.0 Å². The van der Waals surface area contributed by atoms with E-state index in [0.29, 0.717) is 19.4 Å². The highest BCUT2D eigenvalue weighted by Gasteiger charge is 2.23. The molecule has 1 aliphatic heterocycles. The second kappa shape index (κ2) is 4.93. The molecule has 80 valence electrons. The quantitative estimate of drug-likeness (QED) is 0.738. The van der Waals surface area contributed by atoms with E-state index in [0.717, 1.165) is 0 Å². The van der Waals surface area contributed by atoms with Crippen LogP contribution in [0.15, 0.2) is 0 Å². The monoisotopic (exact) mass is 203 g/mol. The van der Waals surface area contributed by atoms with Gasteiger partial charge in [0.2, 0.25) is 5.91 Å². The summed E-state index contributed by atoms with van der Waals surface area (Å²) >= 11 is 0. The summed E-state index contributed by atoms with van der Waals surface area (Å²) < 4.78 is 12.9. The molecular formula is C9H14FNO3. The zero-order valence-electron chi connectivity index (χ0n) is 7.91. The molecule has 1 saturated heterocycles. The van der Waals surface area contributed by atoms with Crippen molar-refractivity contribution in [1.82, 2.24) is 4.90 Å². The fourth-order valence-corrected chi connectivity index (χ4v) is 1.52. The SMILES string of the molecule is O=C(O)CCC(=O)N1CCC[C@H](F)C1. The number of carbonyl (C=O) groups is 2. The van der Waals surface area contributed by atoms with E-state index in [2.05, 4.69) is 0 Å². The maximum Gasteiger partial charge on any atom is 0.303 e. The molecule has 0 saturated carbocycles. The van der Waals surface area contributed by atoms with Crippen LogP contribution in [-0.4, -0.2) is 41.1 Å². The molecule has 0 radical (unpaired) electrons. The molecule has 1 fully saturated rings. The number of carboxylic acids is 1. The van der Waals surface area contributed by atoms with Gasteiger partial charge in [0.05, 0.1) is 13.0 Å². The largest absolute Gasteiger partial charge is 0.481 e. The Balaban J connectivity index is 2.32. The first-order chi connectivity index (χ1) is 6.59. The smallest absolute Gasteiger partial charge is 0.303 e. The molecule has 5 heteroatoms. The summed E-state index contributed by atoms with van der Waals surface area (Å²) in [5.41, 5.74) is 0. The number of halogens is 1. The average molecular weight is 203 g/mol. The average Bonchev–Trinajstić information content (AvgIpc) is 2.14. The number of carbonyl (C=O) groups excluding carboxylic acids is 1. The fraction of sp³-hybridized carbons (Fsp3) is 0.778. The van der Waals surface area contributed by atoms with Crippen LogP contribution in [0.1, 0.15) is 25.7 Å². The molecule has 1 heterocycles. The van der Waals surface area contributed by atoms with Crippen molar-refractivity contribution in [3.8, 4) is 0 Å². The Hall–Kier alpha value is -1.13. The third kappa shape index (κ3) is 3.32. The van der Waals surface area contributed by atoms with Gasteiger partial charge in [-0.2, -0.15) is 0 Å². The van der Waals surface area contributed by atoms with Gasteiger partial charge in [-0.1, -0.05) is 0 Å². The van der Waals surface area contributed by atoms with Crippen LogP contribution in [0, 0.1) is 0 Å². The van der Waals surface area contributed by atoms with Crippen LogP contribution in [0.25, 0.3) is 0 Å². The molecule has 0 aromatic heterocycles. The maximum absolute atomic E-state index is 12.9. The molecule has 1 amide bonds. The van der Waals surface area contributed by atoms with Crippen LogP contribution < -0.4 is 0 Å². The third-order valence-electron chi connectivity index (χ3n) is 2.27. The minimum atomic E-state index is -0.993. The summed E-state index contributed by atoms with van der Waals surface area (Å²) in [6.07, 6.45) is 0.0225. The van der Waals surface area contributed by atoms with Gasteiger partial charge >= 0.3 is 5.97 Å². The van der Waals surface area contributed by atoms with Gasteiger partial charge in [-0.05, 0) is 12.8 Å². The lowest BCUT2D eigenvalue weighted by atomic mass is 10.1. The second-order valence-corrected chi connectivity index (χ2v) is 3.47. The Kier molecular flexibility index (Phi) is 3.85. The lowest BCUT2D eigenvalue weighted by Crippen LogP contribution is -2.40. The van der Waals surface area contributed by atoms with Crippen molar-refractivity contribution in [3.05, 3.63) is 0 Å². The van der Waals surface area contributed by atoms with Crippen molar-refractivity contribution in [2.24, 2.45) is 0 Å². The molecule has 0 aliphatic carbocycles. The molecule has 0 unspecified atom stereocenters. The van der Waals surface area contributed by atoms with Crippen molar-refractivity contribution in [1.29, 1.82) is 0 Å². The summed E-state index contributed by atoms with van der Waals surface area (Å²) in [6, 6.07) is 0. The van der Waals surface area contributed by atoms with Gasteiger partial charge in [0.25, 0.3) is 0 Å². The van der Waals surface area contributed by atoms with Crippen LogP contribution in [0.5, 0.6) is 0 Å². The Morgan fingerprint density at radius 2 is 2.14 bits per heavy atom. The summed E-state index contributed by atoms with van der Waals surface area (Å²) in [5.74, 6) is -1.25. The molecule has 14 heavy (non-hydrogen) atoms. The van der Waals surface area contributed by atoms with Crippen LogP contribution >= 0.6 is 0 Å². The molecule has 1 aliphatic rings. The first-order valence-electron chi connectivity index (χ1n) is 4.73. The summed E-state index contributed by atoms with van der Waals surface area (Å²) in [7, 11) is 0. The van der Waals surface area contributed by atoms with E-state index in [1.807, 2.05) is 0 Å². The number of aliphatic carboxylic acids is 1. The molecule has 1 N–H and O–H groups in total.